The highest BCUT2D eigenvalue weighted by Crippen LogP contribution is 2.40. The van der Waals surface area contributed by atoms with Gasteiger partial charge in [-0.15, -0.1) is 0 Å². The van der Waals surface area contributed by atoms with E-state index in [1.54, 1.807) is 0 Å². The van der Waals surface area contributed by atoms with Gasteiger partial charge in [-0.1, -0.05) is 20.8 Å². The quantitative estimate of drug-likeness (QED) is 0.798. The van der Waals surface area contributed by atoms with E-state index in [4.69, 9.17) is 5.11 Å². The third-order valence-corrected chi connectivity index (χ3v) is 4.30. The van der Waals surface area contributed by atoms with Crippen molar-refractivity contribution in [2.24, 2.45) is 11.3 Å². The number of nitrogens with zero attached hydrogens (tertiary/aromatic N) is 1. The molecule has 0 spiro atoms. The first-order chi connectivity index (χ1) is 8.71. The predicted octanol–water partition coefficient (Wildman–Crippen LogP) is 3.78. The number of aliphatic carboxylic acids is 1. The monoisotopic (exact) mass is 269 g/mol. The van der Waals surface area contributed by atoms with Crippen molar-refractivity contribution in [2.45, 2.75) is 78.8 Å². The van der Waals surface area contributed by atoms with Crippen LogP contribution in [0.1, 0.15) is 66.7 Å². The van der Waals surface area contributed by atoms with Crippen molar-refractivity contribution < 1.29 is 9.90 Å². The summed E-state index contributed by atoms with van der Waals surface area (Å²) in [4.78, 5) is 13.2. The van der Waals surface area contributed by atoms with Crippen LogP contribution in [0, 0.1) is 11.3 Å². The van der Waals surface area contributed by atoms with Crippen LogP contribution in [-0.4, -0.2) is 34.6 Å². The first-order valence-corrected chi connectivity index (χ1v) is 7.69. The molecule has 0 saturated heterocycles. The molecule has 1 N–H and O–H groups in total. The number of carbonyl (C=O) groups is 1. The Labute approximate surface area is 118 Å². The van der Waals surface area contributed by atoms with Crippen molar-refractivity contribution in [1.29, 1.82) is 0 Å². The predicted molar refractivity (Wildman–Crippen MR) is 79.3 cm³/mol. The number of hydrogen-bond donors (Lipinski definition) is 1. The smallest absolute Gasteiger partial charge is 0.303 e. The molecule has 19 heavy (non-hydrogen) atoms. The van der Waals surface area contributed by atoms with Crippen LogP contribution in [0.2, 0.25) is 0 Å². The summed E-state index contributed by atoms with van der Waals surface area (Å²) in [6.07, 6.45) is 4.86. The van der Waals surface area contributed by atoms with Gasteiger partial charge in [-0.05, 0) is 57.4 Å². The van der Waals surface area contributed by atoms with Gasteiger partial charge in [0.1, 0.15) is 0 Å². The molecular formula is C16H31NO2. The Balaban J connectivity index is 2.62. The van der Waals surface area contributed by atoms with Gasteiger partial charge in [-0.2, -0.15) is 0 Å². The fraction of sp³-hybridized carbons (Fsp3) is 0.938. The first-order valence-electron chi connectivity index (χ1n) is 7.69. The Morgan fingerprint density at radius 1 is 1.37 bits per heavy atom. The van der Waals surface area contributed by atoms with E-state index in [1.165, 1.54) is 19.3 Å². The largest absolute Gasteiger partial charge is 0.481 e. The first kappa shape index (κ1) is 16.5. The zero-order chi connectivity index (χ0) is 14.6. The highest BCUT2D eigenvalue weighted by atomic mass is 16.4. The van der Waals surface area contributed by atoms with E-state index in [0.717, 1.165) is 18.9 Å². The molecule has 2 unspecified atom stereocenters. The summed E-state index contributed by atoms with van der Waals surface area (Å²) in [7, 11) is 0. The van der Waals surface area contributed by atoms with E-state index in [1.807, 2.05) is 0 Å². The molecule has 1 aliphatic carbocycles. The Kier molecular flexibility index (Phi) is 5.84. The van der Waals surface area contributed by atoms with E-state index in [9.17, 15) is 4.79 Å². The van der Waals surface area contributed by atoms with Gasteiger partial charge >= 0.3 is 5.97 Å². The van der Waals surface area contributed by atoms with Crippen LogP contribution >= 0.6 is 0 Å². The Hall–Kier alpha value is -0.570. The Bertz CT molecular complexity index is 299. The van der Waals surface area contributed by atoms with Crippen molar-refractivity contribution >= 4 is 5.97 Å². The maximum absolute atomic E-state index is 10.7. The fourth-order valence-electron chi connectivity index (χ4n) is 3.82. The minimum atomic E-state index is -0.680. The second kappa shape index (κ2) is 6.74. The molecule has 0 aliphatic heterocycles. The van der Waals surface area contributed by atoms with Crippen LogP contribution in [0.15, 0.2) is 0 Å². The molecule has 1 rings (SSSR count). The molecule has 2 atom stereocenters. The molecule has 1 aliphatic rings. The van der Waals surface area contributed by atoms with Crippen molar-refractivity contribution in [1.82, 2.24) is 4.90 Å². The van der Waals surface area contributed by atoms with Crippen LogP contribution in [-0.2, 0) is 4.79 Å². The molecular weight excluding hydrogens is 238 g/mol. The molecule has 0 radical (unpaired) electrons. The summed E-state index contributed by atoms with van der Waals surface area (Å²) in [6, 6.07) is 1.12. The maximum atomic E-state index is 10.7. The minimum Gasteiger partial charge on any atom is -0.481 e. The zero-order valence-corrected chi connectivity index (χ0v) is 13.3. The fourth-order valence-corrected chi connectivity index (χ4v) is 3.82. The number of carboxylic acid groups (broad SMARTS) is 1. The SMILES string of the molecule is CC1CC(N(CCCC(=O)O)C(C)C)CC(C)(C)C1. The second-order valence-corrected chi connectivity index (χ2v) is 7.40. The van der Waals surface area contributed by atoms with E-state index in [-0.39, 0.29) is 6.42 Å². The molecule has 3 heteroatoms. The maximum Gasteiger partial charge on any atom is 0.303 e. The van der Waals surface area contributed by atoms with Crippen molar-refractivity contribution in [3.05, 3.63) is 0 Å². The van der Waals surface area contributed by atoms with Crippen molar-refractivity contribution in [2.75, 3.05) is 6.54 Å². The van der Waals surface area contributed by atoms with Crippen molar-refractivity contribution in [3.8, 4) is 0 Å². The van der Waals surface area contributed by atoms with Crippen molar-refractivity contribution in [3.63, 3.8) is 0 Å². The minimum absolute atomic E-state index is 0.287. The van der Waals surface area contributed by atoms with Gasteiger partial charge in [-0.25, -0.2) is 0 Å². The van der Waals surface area contributed by atoms with Crippen LogP contribution in [0.25, 0.3) is 0 Å². The average molecular weight is 269 g/mol. The van der Waals surface area contributed by atoms with E-state index in [0.29, 0.717) is 17.5 Å². The topological polar surface area (TPSA) is 40.5 Å². The van der Waals surface area contributed by atoms with Gasteiger partial charge in [0, 0.05) is 18.5 Å². The number of hydrogen-bond acceptors (Lipinski definition) is 2. The molecule has 0 aromatic carbocycles. The molecule has 112 valence electrons. The lowest BCUT2D eigenvalue weighted by atomic mass is 9.70. The summed E-state index contributed by atoms with van der Waals surface area (Å²) < 4.78 is 0. The van der Waals surface area contributed by atoms with E-state index >= 15 is 0 Å². The van der Waals surface area contributed by atoms with E-state index in [2.05, 4.69) is 39.5 Å². The Morgan fingerprint density at radius 2 is 2.00 bits per heavy atom. The van der Waals surface area contributed by atoms with Gasteiger partial charge in [0.15, 0.2) is 0 Å². The van der Waals surface area contributed by atoms with E-state index < -0.39 is 5.97 Å². The lowest BCUT2D eigenvalue weighted by molar-refractivity contribution is -0.137. The van der Waals surface area contributed by atoms with Crippen LogP contribution in [0.5, 0.6) is 0 Å². The van der Waals surface area contributed by atoms with Gasteiger partial charge < -0.3 is 5.11 Å². The number of rotatable bonds is 6. The van der Waals surface area contributed by atoms with Gasteiger partial charge in [0.25, 0.3) is 0 Å². The third-order valence-electron chi connectivity index (χ3n) is 4.30. The summed E-state index contributed by atoms with van der Waals surface area (Å²) in [5.41, 5.74) is 0.419. The molecule has 3 nitrogen and oxygen atoms in total. The lowest BCUT2D eigenvalue weighted by Crippen LogP contribution is -2.47. The zero-order valence-electron chi connectivity index (χ0n) is 13.3. The Morgan fingerprint density at radius 3 is 2.47 bits per heavy atom. The van der Waals surface area contributed by atoms with Crippen LogP contribution in [0.3, 0.4) is 0 Å². The average Bonchev–Trinajstić information content (AvgIpc) is 2.20. The molecule has 0 amide bonds. The molecule has 0 heterocycles. The summed E-state index contributed by atoms with van der Waals surface area (Å²) >= 11 is 0. The highest BCUT2D eigenvalue weighted by Gasteiger charge is 2.35. The molecule has 1 saturated carbocycles. The standard InChI is InChI=1S/C16H31NO2/c1-12(2)17(8-6-7-15(18)19)14-9-13(3)10-16(4,5)11-14/h12-14H,6-11H2,1-5H3,(H,18,19). The van der Waals surface area contributed by atoms with Crippen LogP contribution in [0.4, 0.5) is 0 Å². The molecule has 0 aromatic heterocycles. The van der Waals surface area contributed by atoms with Crippen LogP contribution < -0.4 is 0 Å². The van der Waals surface area contributed by atoms with Gasteiger partial charge in [0.2, 0.25) is 0 Å². The molecule has 1 fully saturated rings. The lowest BCUT2D eigenvalue weighted by Gasteiger charge is -2.45. The third kappa shape index (κ3) is 5.52. The summed E-state index contributed by atoms with van der Waals surface area (Å²) in [6.45, 7) is 12.5. The second-order valence-electron chi connectivity index (χ2n) is 7.40. The molecule has 0 bridgehead atoms. The summed E-state index contributed by atoms with van der Waals surface area (Å²) in [5.74, 6) is 0.0931. The van der Waals surface area contributed by atoms with Gasteiger partial charge in [-0.3, -0.25) is 9.69 Å². The highest BCUT2D eigenvalue weighted by molar-refractivity contribution is 5.66. The number of carboxylic acids is 1. The summed E-state index contributed by atoms with van der Waals surface area (Å²) in [5, 5.41) is 8.78. The normalized spacial score (nSPS) is 26.9. The molecule has 0 aromatic rings. The van der Waals surface area contributed by atoms with Gasteiger partial charge in [0.05, 0.1) is 0 Å².